The zero-order valence-corrected chi connectivity index (χ0v) is 17.5. The molecule has 8 heteroatoms. The number of anilines is 3. The molecule has 0 saturated heterocycles. The van der Waals surface area contributed by atoms with Gasteiger partial charge in [0.2, 0.25) is 0 Å². The van der Waals surface area contributed by atoms with Crippen molar-refractivity contribution in [1.29, 1.82) is 0 Å². The van der Waals surface area contributed by atoms with E-state index in [4.69, 9.17) is 25.8 Å². The van der Waals surface area contributed by atoms with Crippen LogP contribution in [0.2, 0.25) is 0 Å². The van der Waals surface area contributed by atoms with Gasteiger partial charge in [0, 0.05) is 29.4 Å². The average Bonchev–Trinajstić information content (AvgIpc) is 2.83. The minimum absolute atomic E-state index is 0.0665. The Morgan fingerprint density at radius 1 is 1.09 bits per heavy atom. The Balaban J connectivity index is 1.73. The van der Waals surface area contributed by atoms with Crippen LogP contribution in [0.5, 0.6) is 5.75 Å². The molecule has 4 rings (SSSR count). The van der Waals surface area contributed by atoms with Gasteiger partial charge in [0.15, 0.2) is 18.6 Å². The number of carbonyl (C=O) groups excluding carboxylic acids is 1. The van der Waals surface area contributed by atoms with E-state index in [1.54, 1.807) is 19.2 Å². The van der Waals surface area contributed by atoms with E-state index in [2.05, 4.69) is 10.6 Å². The van der Waals surface area contributed by atoms with Crippen LogP contribution in [0, 0.1) is 0 Å². The van der Waals surface area contributed by atoms with Gasteiger partial charge in [-0.15, -0.1) is 0 Å². The van der Waals surface area contributed by atoms with Crippen molar-refractivity contribution in [3.63, 3.8) is 0 Å². The molecule has 32 heavy (non-hydrogen) atoms. The second kappa shape index (κ2) is 9.13. The second-order valence-electron chi connectivity index (χ2n) is 7.04. The number of carbonyl (C=O) groups is 1. The molecule has 0 bridgehead atoms. The van der Waals surface area contributed by atoms with Crippen molar-refractivity contribution in [2.75, 3.05) is 24.7 Å². The number of rotatable bonds is 7. The lowest BCUT2D eigenvalue weighted by Gasteiger charge is -2.12. The molecule has 0 radical (unpaired) electrons. The van der Waals surface area contributed by atoms with E-state index in [1.807, 2.05) is 54.6 Å². The highest BCUT2D eigenvalue weighted by atomic mass is 16.5. The van der Waals surface area contributed by atoms with E-state index >= 15 is 0 Å². The number of amides is 1. The molecule has 0 saturated carbocycles. The van der Waals surface area contributed by atoms with Crippen LogP contribution in [-0.4, -0.2) is 35.7 Å². The standard InChI is InChI=1S/C24H22N6O2/c1-27-22(31)14-32-18-6-4-5-15(12-18)23-29-21-8-3-2-7-19(21)24(30-23)28-17-9-10-20(26)16(11-17)13-25/h2-13,25H,14,26H2,1H3,(H,27,31)(H,28,29,30)/p+1. The molecule has 1 amide bonds. The van der Waals surface area contributed by atoms with Crippen LogP contribution in [0.4, 0.5) is 17.2 Å². The summed E-state index contributed by atoms with van der Waals surface area (Å²) in [4.78, 5) is 21.0. The van der Waals surface area contributed by atoms with Crippen molar-refractivity contribution in [2.45, 2.75) is 0 Å². The normalized spacial score (nSPS) is 10.5. The molecule has 0 fully saturated rings. The number of likely N-dealkylation sites (N-methyl/N-ethyl adjacent to an activating group) is 1. The van der Waals surface area contributed by atoms with Crippen molar-refractivity contribution in [2.24, 2.45) is 0 Å². The van der Waals surface area contributed by atoms with E-state index in [9.17, 15) is 4.79 Å². The number of nitrogens with two attached hydrogens (primary N) is 2. The minimum Gasteiger partial charge on any atom is -0.484 e. The second-order valence-corrected chi connectivity index (χ2v) is 7.04. The average molecular weight is 427 g/mol. The van der Waals surface area contributed by atoms with Gasteiger partial charge in [0.1, 0.15) is 11.6 Å². The number of nitrogens with one attached hydrogen (secondary N) is 2. The first-order valence-corrected chi connectivity index (χ1v) is 9.99. The van der Waals surface area contributed by atoms with Crippen LogP contribution >= 0.6 is 0 Å². The van der Waals surface area contributed by atoms with Crippen LogP contribution in [0.1, 0.15) is 5.56 Å². The van der Waals surface area contributed by atoms with E-state index in [0.29, 0.717) is 23.1 Å². The highest BCUT2D eigenvalue weighted by molar-refractivity contribution is 5.93. The number of aromatic nitrogens is 2. The van der Waals surface area contributed by atoms with Crippen molar-refractivity contribution >= 4 is 40.2 Å². The van der Waals surface area contributed by atoms with E-state index in [0.717, 1.165) is 27.7 Å². The summed E-state index contributed by atoms with van der Waals surface area (Å²) in [6.07, 6.45) is 1.47. The monoisotopic (exact) mass is 427 g/mol. The smallest absolute Gasteiger partial charge is 0.257 e. The summed E-state index contributed by atoms with van der Waals surface area (Å²) < 4.78 is 5.56. The van der Waals surface area contributed by atoms with Crippen LogP contribution in [-0.2, 0) is 4.79 Å². The highest BCUT2D eigenvalue weighted by Gasteiger charge is 2.12. The van der Waals surface area contributed by atoms with Gasteiger partial charge in [-0.1, -0.05) is 24.3 Å². The van der Waals surface area contributed by atoms with Gasteiger partial charge in [-0.3, -0.25) is 10.2 Å². The Morgan fingerprint density at radius 2 is 1.94 bits per heavy atom. The number of fused-ring (bicyclic) bond motifs is 1. The molecule has 0 aliphatic carbocycles. The molecule has 0 aliphatic heterocycles. The molecule has 1 aromatic heterocycles. The molecule has 4 aromatic rings. The predicted octanol–water partition coefficient (Wildman–Crippen LogP) is 1.93. The third-order valence-electron chi connectivity index (χ3n) is 4.87. The number of para-hydroxylation sites is 1. The van der Waals surface area contributed by atoms with Crippen molar-refractivity contribution in [3.05, 3.63) is 72.3 Å². The predicted molar refractivity (Wildman–Crippen MR) is 126 cm³/mol. The topological polar surface area (TPSA) is 128 Å². The van der Waals surface area contributed by atoms with Gasteiger partial charge in [0.05, 0.1) is 11.1 Å². The summed E-state index contributed by atoms with van der Waals surface area (Å²) in [5, 5.41) is 12.4. The van der Waals surface area contributed by atoms with Gasteiger partial charge in [0.25, 0.3) is 5.91 Å². The summed E-state index contributed by atoms with van der Waals surface area (Å²) in [5.41, 5.74) is 9.63. The Bertz CT molecular complexity index is 1300. The maximum Gasteiger partial charge on any atom is 0.257 e. The lowest BCUT2D eigenvalue weighted by atomic mass is 10.1. The van der Waals surface area contributed by atoms with E-state index in [-0.39, 0.29) is 12.5 Å². The zero-order chi connectivity index (χ0) is 22.5. The van der Waals surface area contributed by atoms with Gasteiger partial charge in [-0.2, -0.15) is 0 Å². The summed E-state index contributed by atoms with van der Waals surface area (Å²) in [6.45, 7) is -0.0665. The number of nitrogens with zero attached hydrogens (tertiary/aromatic N) is 2. The van der Waals surface area contributed by atoms with Gasteiger partial charge in [-0.05, 0) is 42.5 Å². The third kappa shape index (κ3) is 4.49. The highest BCUT2D eigenvalue weighted by Crippen LogP contribution is 2.29. The molecule has 1 heterocycles. The van der Waals surface area contributed by atoms with E-state index in [1.165, 1.54) is 6.21 Å². The first kappa shape index (κ1) is 20.8. The molecule has 0 spiro atoms. The van der Waals surface area contributed by atoms with Gasteiger partial charge in [-0.25, -0.2) is 9.97 Å². The lowest BCUT2D eigenvalue weighted by Crippen LogP contribution is -2.30. The van der Waals surface area contributed by atoms with Gasteiger partial charge >= 0.3 is 0 Å². The number of nitrogen functional groups attached to an aromatic ring is 1. The fourth-order valence-corrected chi connectivity index (χ4v) is 3.18. The molecule has 8 nitrogen and oxygen atoms in total. The quantitative estimate of drug-likeness (QED) is 0.264. The molecule has 160 valence electrons. The molecule has 6 N–H and O–H groups in total. The zero-order valence-electron chi connectivity index (χ0n) is 17.5. The molecule has 0 atom stereocenters. The minimum atomic E-state index is -0.207. The van der Waals surface area contributed by atoms with Crippen LogP contribution in [0.15, 0.2) is 66.7 Å². The largest absolute Gasteiger partial charge is 0.484 e. The lowest BCUT2D eigenvalue weighted by molar-refractivity contribution is -0.122. The fraction of sp³-hybridized carbons (Fsp3) is 0.0833. The number of hydrogen-bond acceptors (Lipinski definition) is 6. The maximum absolute atomic E-state index is 11.5. The number of benzene rings is 3. The van der Waals surface area contributed by atoms with E-state index < -0.39 is 0 Å². The van der Waals surface area contributed by atoms with Crippen molar-refractivity contribution in [1.82, 2.24) is 15.3 Å². The molecule has 0 aliphatic rings. The summed E-state index contributed by atoms with van der Waals surface area (Å²) in [5.74, 6) is 1.52. The van der Waals surface area contributed by atoms with Gasteiger partial charge < -0.3 is 21.1 Å². The SMILES string of the molecule is CNC(=O)COc1cccc(-c2nc(Nc3ccc(N)c(C=[NH2+])c3)c3ccccc3n2)c1. The summed E-state index contributed by atoms with van der Waals surface area (Å²) >= 11 is 0. The molecular formula is C24H23N6O2+. The van der Waals surface area contributed by atoms with Crippen molar-refractivity contribution < 1.29 is 14.9 Å². The Kier molecular flexibility index (Phi) is 5.94. The Hall–Kier alpha value is -4.46. The molecule has 0 unspecified atom stereocenters. The third-order valence-corrected chi connectivity index (χ3v) is 4.87. The first-order chi connectivity index (χ1) is 15.6. The van der Waals surface area contributed by atoms with Crippen LogP contribution in [0.3, 0.4) is 0 Å². The Labute approximate surface area is 185 Å². The Morgan fingerprint density at radius 3 is 2.75 bits per heavy atom. The fourth-order valence-electron chi connectivity index (χ4n) is 3.18. The molecular weight excluding hydrogens is 404 g/mol. The number of ether oxygens (including phenoxy) is 1. The summed E-state index contributed by atoms with van der Waals surface area (Å²) in [7, 11) is 1.56. The first-order valence-electron chi connectivity index (χ1n) is 9.99. The van der Waals surface area contributed by atoms with Crippen LogP contribution < -0.4 is 26.5 Å². The van der Waals surface area contributed by atoms with Crippen molar-refractivity contribution in [3.8, 4) is 17.1 Å². The summed E-state index contributed by atoms with van der Waals surface area (Å²) in [6, 6.07) is 20.6. The number of hydrogen-bond donors (Lipinski definition) is 4. The maximum atomic E-state index is 11.5. The molecule has 3 aromatic carbocycles. The van der Waals surface area contributed by atoms with Crippen LogP contribution in [0.25, 0.3) is 22.3 Å².